The van der Waals surface area contributed by atoms with Gasteiger partial charge >= 0.3 is 0 Å². The molecule has 2 aromatic carbocycles. The van der Waals surface area contributed by atoms with E-state index in [1.165, 1.54) is 18.0 Å². The number of carbonyl (C=O) groups is 3. The summed E-state index contributed by atoms with van der Waals surface area (Å²) in [4.78, 5) is 46.0. The van der Waals surface area contributed by atoms with Crippen LogP contribution in [-0.4, -0.2) is 44.3 Å². The highest BCUT2D eigenvalue weighted by molar-refractivity contribution is 7.80. The van der Waals surface area contributed by atoms with Gasteiger partial charge in [-0.05, 0) is 56.7 Å². The van der Waals surface area contributed by atoms with E-state index in [1.807, 2.05) is 12.1 Å². The summed E-state index contributed by atoms with van der Waals surface area (Å²) in [6.45, 7) is 4.89. The number of thiocarbonyl (C=S) groups is 1. The number of nitrogens with two attached hydrogens (primary N) is 2. The predicted octanol–water partition coefficient (Wildman–Crippen LogP) is 3.32. The maximum atomic E-state index is 14.1. The summed E-state index contributed by atoms with van der Waals surface area (Å²) in [5.41, 5.74) is 12.0. The van der Waals surface area contributed by atoms with Crippen LogP contribution in [0.4, 0.5) is 17.3 Å². The fourth-order valence-corrected chi connectivity index (χ4v) is 4.98. The highest BCUT2D eigenvalue weighted by atomic mass is 35.5. The first-order valence-corrected chi connectivity index (χ1v) is 13.1. The molecule has 0 aliphatic carbocycles. The largest absolute Gasteiger partial charge is 0.399 e. The highest BCUT2D eigenvalue weighted by Crippen LogP contribution is 2.43. The molecule has 13 heteroatoms. The van der Waals surface area contributed by atoms with Gasteiger partial charge in [0.25, 0.3) is 11.8 Å². The molecule has 6 N–H and O–H groups in total. The summed E-state index contributed by atoms with van der Waals surface area (Å²) < 4.78 is 1.57. The van der Waals surface area contributed by atoms with Crippen molar-refractivity contribution in [3.8, 4) is 0 Å². The second kappa shape index (κ2) is 10.8. The van der Waals surface area contributed by atoms with Crippen molar-refractivity contribution in [3.05, 3.63) is 70.0 Å². The van der Waals surface area contributed by atoms with Crippen LogP contribution in [0.3, 0.4) is 0 Å². The second-order valence-electron chi connectivity index (χ2n) is 9.57. The minimum absolute atomic E-state index is 0.0916. The zero-order valence-corrected chi connectivity index (χ0v) is 23.7. The molecule has 1 aromatic heterocycles. The van der Waals surface area contributed by atoms with E-state index < -0.39 is 29.4 Å². The van der Waals surface area contributed by atoms with E-state index in [0.29, 0.717) is 21.4 Å². The van der Waals surface area contributed by atoms with Gasteiger partial charge in [0.05, 0.1) is 22.9 Å². The molecule has 0 fully saturated rings. The van der Waals surface area contributed by atoms with E-state index in [9.17, 15) is 14.4 Å². The Labute approximate surface area is 240 Å². The third-order valence-electron chi connectivity index (χ3n) is 6.49. The van der Waals surface area contributed by atoms with Crippen LogP contribution in [0, 0.1) is 0 Å². The topological polar surface area (TPSA) is 148 Å². The Morgan fingerprint density at radius 1 is 1.08 bits per heavy atom. The van der Waals surface area contributed by atoms with Gasteiger partial charge in [0, 0.05) is 22.2 Å². The van der Waals surface area contributed by atoms with E-state index in [-0.39, 0.29) is 29.0 Å². The first-order valence-electron chi connectivity index (χ1n) is 12.0. The minimum Gasteiger partial charge on any atom is -0.399 e. The van der Waals surface area contributed by atoms with Gasteiger partial charge in [0.1, 0.15) is 17.3 Å². The Kier molecular flexibility index (Phi) is 7.87. The van der Waals surface area contributed by atoms with Crippen molar-refractivity contribution in [2.24, 2.45) is 5.73 Å². The van der Waals surface area contributed by atoms with Crippen molar-refractivity contribution < 1.29 is 14.4 Å². The van der Waals surface area contributed by atoms with Crippen LogP contribution < -0.4 is 27.0 Å². The number of fused-ring (bicyclic) bond motifs is 1. The summed E-state index contributed by atoms with van der Waals surface area (Å²) in [5, 5.41) is 5.98. The predicted molar refractivity (Wildman–Crippen MR) is 155 cm³/mol. The number of aromatic nitrogens is 2. The zero-order valence-electron chi connectivity index (χ0n) is 21.4. The van der Waals surface area contributed by atoms with Crippen molar-refractivity contribution >= 4 is 75.5 Å². The van der Waals surface area contributed by atoms with Crippen LogP contribution in [0.2, 0.25) is 10.0 Å². The molecule has 39 heavy (non-hydrogen) atoms. The number of nitrogens with zero attached hydrogens (tertiary/aromatic N) is 3. The molecule has 0 saturated carbocycles. The van der Waals surface area contributed by atoms with Gasteiger partial charge < -0.3 is 22.1 Å². The quantitative estimate of drug-likeness (QED) is 0.233. The third-order valence-corrected chi connectivity index (χ3v) is 7.28. The van der Waals surface area contributed by atoms with Gasteiger partial charge in [-0.25, -0.2) is 9.88 Å². The Morgan fingerprint density at radius 2 is 1.69 bits per heavy atom. The van der Waals surface area contributed by atoms with Gasteiger partial charge in [-0.15, -0.1) is 0 Å². The number of hydrogen-bond acceptors (Lipinski definition) is 6. The lowest BCUT2D eigenvalue weighted by atomic mass is 9.91. The molecule has 4 rings (SSSR count). The molecule has 0 spiro atoms. The molecule has 0 radical (unpaired) electrons. The van der Waals surface area contributed by atoms with E-state index in [0.717, 1.165) is 5.56 Å². The number of anilines is 3. The number of benzene rings is 2. The first kappa shape index (κ1) is 28.3. The van der Waals surface area contributed by atoms with Gasteiger partial charge in [-0.1, -0.05) is 47.6 Å². The number of nitrogens with one attached hydrogen (secondary N) is 2. The molecular weight excluding hydrogens is 561 g/mol. The number of hydrogen-bond donors (Lipinski definition) is 4. The lowest BCUT2D eigenvalue weighted by Crippen LogP contribution is -2.51. The molecule has 3 aromatic rings. The average Bonchev–Trinajstić information content (AvgIpc) is 3.38. The van der Waals surface area contributed by atoms with E-state index in [2.05, 4.69) is 15.6 Å². The first-order chi connectivity index (χ1) is 18.3. The maximum absolute atomic E-state index is 14.1. The Morgan fingerprint density at radius 3 is 2.28 bits per heavy atom. The van der Waals surface area contributed by atoms with Crippen molar-refractivity contribution in [2.45, 2.75) is 44.8 Å². The zero-order chi connectivity index (χ0) is 28.6. The van der Waals surface area contributed by atoms with Crippen molar-refractivity contribution in [1.29, 1.82) is 0 Å². The molecule has 1 aliphatic heterocycles. The monoisotopic (exact) mass is 587 g/mol. The van der Waals surface area contributed by atoms with Gasteiger partial charge in [0.2, 0.25) is 11.9 Å². The molecule has 204 valence electrons. The number of carbonyl (C=O) groups excluding carboxylic acids is 3. The summed E-state index contributed by atoms with van der Waals surface area (Å²) in [6.07, 6.45) is 1.59. The van der Waals surface area contributed by atoms with Crippen LogP contribution in [0.1, 0.15) is 36.8 Å². The summed E-state index contributed by atoms with van der Waals surface area (Å²) in [6, 6.07) is 10.4. The van der Waals surface area contributed by atoms with Crippen LogP contribution in [0.5, 0.6) is 0 Å². The van der Waals surface area contributed by atoms with Crippen LogP contribution in [0.25, 0.3) is 0 Å². The lowest BCUT2D eigenvalue weighted by Gasteiger charge is -2.27. The van der Waals surface area contributed by atoms with Crippen LogP contribution >= 0.6 is 35.4 Å². The number of rotatable bonds is 8. The Hall–Kier alpha value is -3.67. The number of nitrogen functional groups attached to an aromatic ring is 1. The smallest absolute Gasteiger partial charge is 0.270 e. The van der Waals surface area contributed by atoms with E-state index in [1.54, 1.807) is 48.7 Å². The fraction of sp³-hybridized carbons (Fsp3) is 0.269. The molecule has 0 saturated heterocycles. The molecule has 0 unspecified atom stereocenters. The summed E-state index contributed by atoms with van der Waals surface area (Å²) in [7, 11) is 0. The SMILES string of the molecule is C[C@H](NC(=O)c1cnc2n1[C@](C)(Cc1ccc(N)cc1)C(=O)N2c1cc(Cl)cc(Cl)c1)C(=O)N[C@H](C)C(N)=S. The fourth-order valence-electron chi connectivity index (χ4n) is 4.41. The van der Waals surface area contributed by atoms with Crippen molar-refractivity contribution in [1.82, 2.24) is 20.2 Å². The summed E-state index contributed by atoms with van der Waals surface area (Å²) >= 11 is 17.4. The van der Waals surface area contributed by atoms with E-state index >= 15 is 0 Å². The third kappa shape index (κ3) is 5.56. The Bertz CT molecular complexity index is 1460. The number of halogens is 2. The van der Waals surface area contributed by atoms with Crippen LogP contribution in [-0.2, 0) is 21.5 Å². The standard InChI is InChI=1S/C26H27Cl2N7O3S/c1-13(21(30)39)32-22(36)14(2)33-23(37)20-12-31-25-34(19-9-16(27)8-17(28)10-19)24(38)26(3,35(20)25)11-15-4-6-18(29)7-5-15/h4-10,12-14H,11,29H2,1-3H3,(H2,30,39)(H,32,36)(H,33,37)/t13-,14+,26-/m1/s1. The lowest BCUT2D eigenvalue weighted by molar-refractivity contribution is -0.124. The van der Waals surface area contributed by atoms with Gasteiger partial charge in [-0.2, -0.15) is 0 Å². The normalized spacial score (nSPS) is 17.9. The molecule has 2 heterocycles. The molecule has 1 aliphatic rings. The van der Waals surface area contributed by atoms with E-state index in [4.69, 9.17) is 46.9 Å². The molecular formula is C26H27Cl2N7O3S. The van der Waals surface area contributed by atoms with Gasteiger partial charge in [-0.3, -0.25) is 19.0 Å². The summed E-state index contributed by atoms with van der Waals surface area (Å²) in [5.74, 6) is -1.20. The minimum atomic E-state index is -1.27. The Balaban J connectivity index is 1.74. The van der Waals surface area contributed by atoms with Crippen molar-refractivity contribution in [3.63, 3.8) is 0 Å². The maximum Gasteiger partial charge on any atom is 0.270 e. The average molecular weight is 589 g/mol. The molecule has 3 amide bonds. The molecule has 10 nitrogen and oxygen atoms in total. The molecule has 0 bridgehead atoms. The van der Waals surface area contributed by atoms with Gasteiger partial charge in [0.15, 0.2) is 0 Å². The van der Waals surface area contributed by atoms with Crippen LogP contribution in [0.15, 0.2) is 48.7 Å². The number of imidazole rings is 1. The number of amides is 3. The molecule has 3 atom stereocenters. The highest BCUT2D eigenvalue weighted by Gasteiger charge is 2.51. The van der Waals surface area contributed by atoms with Crippen molar-refractivity contribution in [2.75, 3.05) is 10.6 Å². The second-order valence-corrected chi connectivity index (χ2v) is 10.9.